The van der Waals surface area contributed by atoms with Crippen molar-refractivity contribution in [3.63, 3.8) is 0 Å². The topological polar surface area (TPSA) is 78.9 Å². The first-order valence-corrected chi connectivity index (χ1v) is 8.64. The van der Waals surface area contributed by atoms with Gasteiger partial charge in [-0.25, -0.2) is 0 Å². The van der Waals surface area contributed by atoms with Crippen molar-refractivity contribution < 1.29 is 10.0 Å². The van der Waals surface area contributed by atoms with Crippen LogP contribution in [-0.4, -0.2) is 45.9 Å². The van der Waals surface area contributed by atoms with Gasteiger partial charge in [-0.3, -0.25) is 4.79 Å². The molecule has 1 saturated carbocycles. The molecule has 1 amide bonds. The number of carbonyl (C=O) groups excluding carboxylic acids is 1. The second kappa shape index (κ2) is 6.70. The lowest BCUT2D eigenvalue weighted by molar-refractivity contribution is -0.133. The molecular formula is C14H25N3O2S. The van der Waals surface area contributed by atoms with Gasteiger partial charge >= 0.3 is 0 Å². The maximum absolute atomic E-state index is 12.3. The van der Waals surface area contributed by atoms with Gasteiger partial charge in [0.05, 0.1) is 4.75 Å². The van der Waals surface area contributed by atoms with Crippen molar-refractivity contribution in [2.45, 2.75) is 49.7 Å². The van der Waals surface area contributed by atoms with E-state index in [0.717, 1.165) is 12.8 Å². The third-order valence-corrected chi connectivity index (χ3v) is 6.23. The number of hydrogen-bond acceptors (Lipinski definition) is 4. The van der Waals surface area contributed by atoms with Crippen LogP contribution in [0, 0.1) is 5.92 Å². The third-order valence-electron chi connectivity index (χ3n) is 4.83. The Kier molecular flexibility index (Phi) is 5.18. The van der Waals surface area contributed by atoms with Crippen LogP contribution in [0.25, 0.3) is 0 Å². The molecule has 5 nitrogen and oxygen atoms in total. The van der Waals surface area contributed by atoms with Crippen molar-refractivity contribution in [2.75, 3.05) is 19.3 Å². The molecule has 0 aromatic carbocycles. The standard InChI is InChI=1S/C14H25N3O2S/c1-20-14(13(15)16-19)6-8-17(9-7-14)12(18)10-11-4-2-3-5-11/h11,19H,2-10H2,1H3,(H2,15,16). The molecule has 20 heavy (non-hydrogen) atoms. The molecule has 1 heterocycles. The highest BCUT2D eigenvalue weighted by Gasteiger charge is 2.39. The number of carbonyl (C=O) groups is 1. The van der Waals surface area contributed by atoms with Crippen LogP contribution in [0.2, 0.25) is 0 Å². The molecule has 0 aromatic rings. The third kappa shape index (κ3) is 3.22. The minimum absolute atomic E-state index is 0.283. The van der Waals surface area contributed by atoms with Crippen LogP contribution in [-0.2, 0) is 4.79 Å². The van der Waals surface area contributed by atoms with E-state index in [1.807, 2.05) is 11.2 Å². The van der Waals surface area contributed by atoms with Gasteiger partial charge in [-0.15, -0.1) is 0 Å². The summed E-state index contributed by atoms with van der Waals surface area (Å²) in [5.41, 5.74) is 5.82. The molecular weight excluding hydrogens is 274 g/mol. The second-order valence-corrected chi connectivity index (χ2v) is 7.11. The fourth-order valence-corrected chi connectivity index (χ4v) is 4.20. The first kappa shape index (κ1) is 15.5. The van der Waals surface area contributed by atoms with Crippen molar-refractivity contribution in [1.82, 2.24) is 4.90 Å². The number of amides is 1. The van der Waals surface area contributed by atoms with E-state index in [4.69, 9.17) is 10.9 Å². The highest BCUT2D eigenvalue weighted by atomic mass is 32.2. The van der Waals surface area contributed by atoms with Gasteiger partial charge < -0.3 is 15.8 Å². The van der Waals surface area contributed by atoms with E-state index in [9.17, 15) is 4.79 Å². The van der Waals surface area contributed by atoms with Gasteiger partial charge in [0.15, 0.2) is 5.84 Å². The van der Waals surface area contributed by atoms with Gasteiger partial charge in [0.25, 0.3) is 0 Å². The van der Waals surface area contributed by atoms with Crippen LogP contribution in [0.1, 0.15) is 44.9 Å². The number of nitrogens with zero attached hydrogens (tertiary/aromatic N) is 2. The summed E-state index contributed by atoms with van der Waals surface area (Å²) < 4.78 is -0.307. The molecule has 3 N–H and O–H groups in total. The minimum atomic E-state index is -0.307. The van der Waals surface area contributed by atoms with Crippen LogP contribution in [0.15, 0.2) is 5.16 Å². The van der Waals surface area contributed by atoms with Gasteiger partial charge in [-0.05, 0) is 37.9 Å². The normalized spacial score (nSPS) is 24.1. The molecule has 0 unspecified atom stereocenters. The number of rotatable bonds is 4. The quantitative estimate of drug-likeness (QED) is 0.360. The average molecular weight is 299 g/mol. The Morgan fingerprint density at radius 2 is 2.00 bits per heavy atom. The van der Waals surface area contributed by atoms with Crippen LogP contribution in [0.3, 0.4) is 0 Å². The number of nitrogens with two attached hydrogens (primary N) is 1. The van der Waals surface area contributed by atoms with Crippen LogP contribution >= 0.6 is 11.8 Å². The Labute approximate surface area is 124 Å². The molecule has 6 heteroatoms. The van der Waals surface area contributed by atoms with Gasteiger partial charge in [0.1, 0.15) is 0 Å². The molecule has 1 aliphatic carbocycles. The molecule has 2 aliphatic rings. The first-order valence-electron chi connectivity index (χ1n) is 7.42. The SMILES string of the molecule is CSC1(C(N)=NO)CCN(C(=O)CC2CCCC2)CC1. The Bertz CT molecular complexity index is 373. The minimum Gasteiger partial charge on any atom is -0.409 e. The van der Waals surface area contributed by atoms with Crippen molar-refractivity contribution in [2.24, 2.45) is 16.8 Å². The molecule has 0 spiro atoms. The van der Waals surface area contributed by atoms with Crippen molar-refractivity contribution in [1.29, 1.82) is 0 Å². The lowest BCUT2D eigenvalue weighted by Crippen LogP contribution is -2.51. The molecule has 0 bridgehead atoms. The van der Waals surface area contributed by atoms with Crippen molar-refractivity contribution in [3.05, 3.63) is 0 Å². The van der Waals surface area contributed by atoms with E-state index in [1.165, 1.54) is 25.7 Å². The highest BCUT2D eigenvalue weighted by molar-refractivity contribution is 8.00. The fraction of sp³-hybridized carbons (Fsp3) is 0.857. The number of amidine groups is 1. The Morgan fingerprint density at radius 1 is 1.40 bits per heavy atom. The maximum Gasteiger partial charge on any atom is 0.222 e. The number of piperidine rings is 1. The van der Waals surface area contributed by atoms with Gasteiger partial charge in [-0.2, -0.15) is 11.8 Å². The molecule has 1 saturated heterocycles. The van der Waals surface area contributed by atoms with Crippen molar-refractivity contribution >= 4 is 23.5 Å². The van der Waals surface area contributed by atoms with Gasteiger partial charge in [0.2, 0.25) is 5.91 Å². The Hall–Kier alpha value is -0.910. The zero-order chi connectivity index (χ0) is 14.6. The molecule has 0 aromatic heterocycles. The second-order valence-electron chi connectivity index (χ2n) is 5.92. The number of likely N-dealkylation sites (tertiary alicyclic amines) is 1. The summed E-state index contributed by atoms with van der Waals surface area (Å²) in [7, 11) is 0. The summed E-state index contributed by atoms with van der Waals surface area (Å²) in [5.74, 6) is 1.16. The van der Waals surface area contributed by atoms with E-state index < -0.39 is 0 Å². The smallest absolute Gasteiger partial charge is 0.222 e. The number of thioether (sulfide) groups is 1. The Balaban J connectivity index is 1.88. The van der Waals surface area contributed by atoms with Crippen LogP contribution in [0.4, 0.5) is 0 Å². The van der Waals surface area contributed by atoms with E-state index in [-0.39, 0.29) is 16.5 Å². The van der Waals surface area contributed by atoms with E-state index >= 15 is 0 Å². The van der Waals surface area contributed by atoms with Crippen LogP contribution in [0.5, 0.6) is 0 Å². The molecule has 2 fully saturated rings. The predicted octanol–water partition coefficient (Wildman–Crippen LogP) is 2.04. The summed E-state index contributed by atoms with van der Waals surface area (Å²) in [6, 6.07) is 0. The molecule has 0 atom stereocenters. The first-order chi connectivity index (χ1) is 9.61. The number of hydrogen-bond donors (Lipinski definition) is 2. The summed E-state index contributed by atoms with van der Waals surface area (Å²) in [6.45, 7) is 1.42. The van der Waals surface area contributed by atoms with Crippen LogP contribution < -0.4 is 5.73 Å². The van der Waals surface area contributed by atoms with Crippen molar-refractivity contribution in [3.8, 4) is 0 Å². The van der Waals surface area contributed by atoms with Gasteiger partial charge in [0, 0.05) is 19.5 Å². The summed E-state index contributed by atoms with van der Waals surface area (Å²) in [6.07, 6.45) is 9.18. The molecule has 1 aliphatic heterocycles. The average Bonchev–Trinajstić information content (AvgIpc) is 2.99. The largest absolute Gasteiger partial charge is 0.409 e. The summed E-state index contributed by atoms with van der Waals surface area (Å²) >= 11 is 1.62. The fourth-order valence-electron chi connectivity index (χ4n) is 3.36. The zero-order valence-electron chi connectivity index (χ0n) is 12.2. The molecule has 0 radical (unpaired) electrons. The number of oxime groups is 1. The molecule has 114 valence electrons. The predicted molar refractivity (Wildman–Crippen MR) is 82.0 cm³/mol. The summed E-state index contributed by atoms with van der Waals surface area (Å²) in [4.78, 5) is 14.3. The highest BCUT2D eigenvalue weighted by Crippen LogP contribution is 2.35. The maximum atomic E-state index is 12.3. The lowest BCUT2D eigenvalue weighted by atomic mass is 9.93. The van der Waals surface area contributed by atoms with E-state index in [2.05, 4.69) is 5.16 Å². The van der Waals surface area contributed by atoms with Gasteiger partial charge in [-0.1, -0.05) is 18.0 Å². The van der Waals surface area contributed by atoms with E-state index in [1.54, 1.807) is 11.8 Å². The summed E-state index contributed by atoms with van der Waals surface area (Å²) in [5, 5.41) is 12.1. The molecule has 2 rings (SSSR count). The monoisotopic (exact) mass is 299 g/mol. The van der Waals surface area contributed by atoms with E-state index in [0.29, 0.717) is 25.4 Å². The lowest BCUT2D eigenvalue weighted by Gasteiger charge is -2.40. The Morgan fingerprint density at radius 3 is 2.50 bits per heavy atom. The zero-order valence-corrected chi connectivity index (χ0v) is 13.0.